The van der Waals surface area contributed by atoms with Gasteiger partial charge in [-0.15, -0.1) is 0 Å². The Kier molecular flexibility index (Phi) is 2.16. The van der Waals surface area contributed by atoms with E-state index in [0.717, 1.165) is 18.4 Å². The van der Waals surface area contributed by atoms with E-state index in [1.165, 1.54) is 4.90 Å². The number of amides is 2. The molecule has 0 saturated carbocycles. The molecule has 0 unspecified atom stereocenters. The van der Waals surface area contributed by atoms with Crippen LogP contribution in [0.5, 0.6) is 0 Å². The molecule has 3 aliphatic rings. The monoisotopic (exact) mass is 257 g/mol. The maximum atomic E-state index is 12.5. The lowest BCUT2D eigenvalue weighted by Crippen LogP contribution is -2.34. The highest BCUT2D eigenvalue weighted by Gasteiger charge is 2.62. The van der Waals surface area contributed by atoms with Crippen LogP contribution in [0, 0.1) is 18.8 Å². The first kappa shape index (κ1) is 11.2. The molecule has 0 spiro atoms. The van der Waals surface area contributed by atoms with Gasteiger partial charge in [-0.1, -0.05) is 17.7 Å². The molecule has 19 heavy (non-hydrogen) atoms. The first-order valence-electron chi connectivity index (χ1n) is 6.77. The average Bonchev–Trinajstić information content (AvgIpc) is 3.06. The summed E-state index contributed by atoms with van der Waals surface area (Å²) in [5.74, 6) is -0.641. The fourth-order valence-corrected chi connectivity index (χ4v) is 3.66. The van der Waals surface area contributed by atoms with Crippen molar-refractivity contribution in [1.82, 2.24) is 0 Å². The van der Waals surface area contributed by atoms with Gasteiger partial charge in [-0.3, -0.25) is 9.59 Å². The van der Waals surface area contributed by atoms with Gasteiger partial charge in [0.05, 0.1) is 29.7 Å². The Bertz CT molecular complexity index is 537. The number of benzene rings is 1. The van der Waals surface area contributed by atoms with Gasteiger partial charge in [-0.2, -0.15) is 0 Å². The summed E-state index contributed by atoms with van der Waals surface area (Å²) in [4.78, 5) is 26.4. The largest absolute Gasteiger partial charge is 0.373 e. The molecule has 2 amide bonds. The number of anilines is 1. The number of carbonyl (C=O) groups excluding carboxylic acids is 2. The maximum Gasteiger partial charge on any atom is 0.240 e. The summed E-state index contributed by atoms with van der Waals surface area (Å²) in [5, 5.41) is 0. The van der Waals surface area contributed by atoms with Gasteiger partial charge in [0, 0.05) is 0 Å². The second-order valence-corrected chi connectivity index (χ2v) is 5.69. The molecule has 3 aliphatic heterocycles. The third kappa shape index (κ3) is 1.38. The van der Waals surface area contributed by atoms with Crippen LogP contribution in [0.3, 0.4) is 0 Å². The van der Waals surface area contributed by atoms with E-state index in [1.54, 1.807) is 0 Å². The Balaban J connectivity index is 1.73. The summed E-state index contributed by atoms with van der Waals surface area (Å²) < 4.78 is 5.72. The van der Waals surface area contributed by atoms with Gasteiger partial charge in [-0.25, -0.2) is 4.90 Å². The molecule has 3 heterocycles. The number of imide groups is 1. The van der Waals surface area contributed by atoms with Crippen molar-refractivity contribution in [3.8, 4) is 0 Å². The Labute approximate surface area is 111 Å². The Morgan fingerprint density at radius 3 is 2.05 bits per heavy atom. The third-order valence-electron chi connectivity index (χ3n) is 4.58. The Hall–Kier alpha value is -1.68. The second-order valence-electron chi connectivity index (χ2n) is 5.69. The van der Waals surface area contributed by atoms with Crippen molar-refractivity contribution in [3.05, 3.63) is 29.8 Å². The van der Waals surface area contributed by atoms with Crippen LogP contribution in [0.1, 0.15) is 18.4 Å². The van der Waals surface area contributed by atoms with Crippen LogP contribution in [-0.2, 0) is 14.3 Å². The number of carbonyl (C=O) groups is 2. The molecule has 0 aromatic heterocycles. The van der Waals surface area contributed by atoms with Crippen molar-refractivity contribution in [3.63, 3.8) is 0 Å². The quantitative estimate of drug-likeness (QED) is 0.719. The molecule has 2 bridgehead atoms. The van der Waals surface area contributed by atoms with Crippen molar-refractivity contribution in [2.75, 3.05) is 4.90 Å². The van der Waals surface area contributed by atoms with Gasteiger partial charge in [0.1, 0.15) is 0 Å². The smallest absolute Gasteiger partial charge is 0.240 e. The van der Waals surface area contributed by atoms with Crippen LogP contribution in [0.2, 0.25) is 0 Å². The highest BCUT2D eigenvalue weighted by atomic mass is 16.5. The molecular formula is C15H15NO3. The normalized spacial score (nSPS) is 36.2. The van der Waals surface area contributed by atoms with Crippen molar-refractivity contribution in [1.29, 1.82) is 0 Å². The predicted octanol–water partition coefficient (Wildman–Crippen LogP) is 1.66. The molecule has 1 aromatic carbocycles. The summed E-state index contributed by atoms with van der Waals surface area (Å²) in [6.45, 7) is 1.99. The van der Waals surface area contributed by atoms with Gasteiger partial charge in [0.25, 0.3) is 0 Å². The van der Waals surface area contributed by atoms with Crippen molar-refractivity contribution < 1.29 is 14.3 Å². The molecule has 1 aromatic rings. The van der Waals surface area contributed by atoms with E-state index in [4.69, 9.17) is 4.74 Å². The first-order valence-corrected chi connectivity index (χ1v) is 6.77. The zero-order valence-electron chi connectivity index (χ0n) is 10.7. The van der Waals surface area contributed by atoms with Crippen LogP contribution >= 0.6 is 0 Å². The van der Waals surface area contributed by atoms with Gasteiger partial charge in [0.2, 0.25) is 11.8 Å². The fraction of sp³-hybridized carbons (Fsp3) is 0.467. The average molecular weight is 257 g/mol. The van der Waals surface area contributed by atoms with E-state index in [0.29, 0.717) is 5.69 Å². The van der Waals surface area contributed by atoms with E-state index in [2.05, 4.69) is 0 Å². The zero-order chi connectivity index (χ0) is 13.1. The fourth-order valence-electron chi connectivity index (χ4n) is 3.66. The highest BCUT2D eigenvalue weighted by Crippen LogP contribution is 2.49. The summed E-state index contributed by atoms with van der Waals surface area (Å²) >= 11 is 0. The number of hydrogen-bond acceptors (Lipinski definition) is 3. The molecule has 0 aliphatic carbocycles. The number of nitrogens with zero attached hydrogens (tertiary/aromatic N) is 1. The first-order chi connectivity index (χ1) is 9.16. The maximum absolute atomic E-state index is 12.5. The van der Waals surface area contributed by atoms with E-state index in [-0.39, 0.29) is 35.9 Å². The summed E-state index contributed by atoms with van der Waals surface area (Å²) in [6.07, 6.45) is 1.74. The zero-order valence-corrected chi connectivity index (χ0v) is 10.7. The predicted molar refractivity (Wildman–Crippen MR) is 68.5 cm³/mol. The number of ether oxygens (including phenoxy) is 1. The van der Waals surface area contributed by atoms with Crippen molar-refractivity contribution in [2.45, 2.75) is 32.0 Å². The number of aryl methyl sites for hydroxylation is 1. The summed E-state index contributed by atoms with van der Waals surface area (Å²) in [6, 6.07) is 7.54. The molecule has 98 valence electrons. The molecule has 4 heteroatoms. The lowest BCUT2D eigenvalue weighted by Gasteiger charge is -2.17. The molecule has 4 atom stereocenters. The Morgan fingerprint density at radius 2 is 1.53 bits per heavy atom. The molecule has 4 nitrogen and oxygen atoms in total. The van der Waals surface area contributed by atoms with E-state index in [9.17, 15) is 9.59 Å². The minimum atomic E-state index is -0.243. The van der Waals surface area contributed by atoms with Gasteiger partial charge in [-0.05, 0) is 31.9 Å². The van der Waals surface area contributed by atoms with Crippen molar-refractivity contribution >= 4 is 17.5 Å². The van der Waals surface area contributed by atoms with E-state index >= 15 is 0 Å². The standard InChI is InChI=1S/C15H15NO3/c1-8-2-4-9(5-3-8)16-14(17)12-10-6-7-11(19-10)13(12)15(16)18/h2-5,10-13H,6-7H2,1H3/t10-,11+,12-,13-/m0/s1. The third-order valence-corrected chi connectivity index (χ3v) is 4.58. The summed E-state index contributed by atoms with van der Waals surface area (Å²) in [7, 11) is 0. The summed E-state index contributed by atoms with van der Waals surface area (Å²) in [5.41, 5.74) is 1.81. The highest BCUT2D eigenvalue weighted by molar-refractivity contribution is 6.22. The van der Waals surface area contributed by atoms with Crippen LogP contribution < -0.4 is 4.90 Å². The van der Waals surface area contributed by atoms with Crippen LogP contribution in [0.15, 0.2) is 24.3 Å². The molecular weight excluding hydrogens is 242 g/mol. The number of hydrogen-bond donors (Lipinski definition) is 0. The van der Waals surface area contributed by atoms with Crippen LogP contribution in [-0.4, -0.2) is 24.0 Å². The van der Waals surface area contributed by atoms with Gasteiger partial charge >= 0.3 is 0 Å². The van der Waals surface area contributed by atoms with Gasteiger partial charge in [0.15, 0.2) is 0 Å². The SMILES string of the molecule is Cc1ccc(N2C(=O)[C@@H]3[C@@H](C2=O)[C@H]2CC[C@@H]3O2)cc1. The molecule has 0 radical (unpaired) electrons. The molecule has 3 fully saturated rings. The van der Waals surface area contributed by atoms with Crippen LogP contribution in [0.25, 0.3) is 0 Å². The number of rotatable bonds is 1. The second kappa shape index (κ2) is 3.67. The molecule has 0 N–H and O–H groups in total. The number of fused-ring (bicyclic) bond motifs is 5. The lowest BCUT2D eigenvalue weighted by molar-refractivity contribution is -0.124. The minimum Gasteiger partial charge on any atom is -0.373 e. The Morgan fingerprint density at radius 1 is 1.00 bits per heavy atom. The topological polar surface area (TPSA) is 46.6 Å². The molecule has 4 rings (SSSR count). The lowest BCUT2D eigenvalue weighted by atomic mass is 9.81. The molecule has 3 saturated heterocycles. The van der Waals surface area contributed by atoms with E-state index < -0.39 is 0 Å². The van der Waals surface area contributed by atoms with Gasteiger partial charge < -0.3 is 4.74 Å². The minimum absolute atomic E-state index is 0.0399. The van der Waals surface area contributed by atoms with Crippen molar-refractivity contribution in [2.24, 2.45) is 11.8 Å². The van der Waals surface area contributed by atoms with E-state index in [1.807, 2.05) is 31.2 Å². The van der Waals surface area contributed by atoms with Crippen LogP contribution in [0.4, 0.5) is 5.69 Å².